The minimum absolute atomic E-state index is 0.275. The van der Waals surface area contributed by atoms with Crippen molar-refractivity contribution >= 4 is 6.29 Å². The van der Waals surface area contributed by atoms with Crippen LogP contribution in [0.25, 0.3) is 0 Å². The van der Waals surface area contributed by atoms with E-state index in [0.29, 0.717) is 25.4 Å². The van der Waals surface area contributed by atoms with E-state index in [2.05, 4.69) is 10.2 Å². The summed E-state index contributed by atoms with van der Waals surface area (Å²) in [6.07, 6.45) is 0.679. The molecule has 2 rings (SSSR count). The molecule has 0 amide bonds. The van der Waals surface area contributed by atoms with E-state index in [0.717, 1.165) is 5.56 Å². The zero-order valence-electron chi connectivity index (χ0n) is 9.54. The molecule has 1 aromatic carbocycles. The minimum Gasteiger partial charge on any atom is -0.464 e. The average molecular weight is 231 g/mol. The summed E-state index contributed by atoms with van der Waals surface area (Å²) in [6.45, 7) is 2.88. The number of ether oxygens (including phenoxy) is 1. The smallest absolute Gasteiger partial charge is 0.317 e. The maximum atomic E-state index is 10.9. The van der Waals surface area contributed by atoms with E-state index < -0.39 is 0 Å². The molecular weight excluding hydrogens is 218 g/mol. The van der Waals surface area contributed by atoms with Gasteiger partial charge in [-0.1, -0.05) is 35.4 Å². The van der Waals surface area contributed by atoms with Crippen LogP contribution in [0.3, 0.4) is 0 Å². The Bertz CT molecular complexity index is 494. The standard InChI is InChI=1S/C12H13N3O2/c1-2-17-12-14-13-11(9-16)15(12)8-10-6-4-3-5-7-10/h3-7,9H,2,8H2,1H3. The van der Waals surface area contributed by atoms with Gasteiger partial charge in [0.1, 0.15) is 0 Å². The maximum Gasteiger partial charge on any atom is 0.317 e. The predicted octanol–water partition coefficient (Wildman–Crippen LogP) is 1.54. The van der Waals surface area contributed by atoms with Crippen LogP contribution in [-0.2, 0) is 6.54 Å². The highest BCUT2D eigenvalue weighted by Gasteiger charge is 2.12. The average Bonchev–Trinajstić information content (AvgIpc) is 2.74. The van der Waals surface area contributed by atoms with Gasteiger partial charge in [0.2, 0.25) is 0 Å². The Morgan fingerprint density at radius 2 is 2.06 bits per heavy atom. The highest BCUT2D eigenvalue weighted by molar-refractivity contribution is 5.69. The number of rotatable bonds is 5. The monoisotopic (exact) mass is 231 g/mol. The van der Waals surface area contributed by atoms with Crippen LogP contribution in [0.5, 0.6) is 6.01 Å². The SMILES string of the molecule is CCOc1nnc(C=O)n1Cc1ccccc1. The summed E-state index contributed by atoms with van der Waals surface area (Å²) in [4.78, 5) is 10.9. The highest BCUT2D eigenvalue weighted by Crippen LogP contribution is 2.12. The van der Waals surface area contributed by atoms with E-state index in [1.807, 2.05) is 37.3 Å². The zero-order valence-corrected chi connectivity index (χ0v) is 9.54. The number of carbonyl (C=O) groups is 1. The lowest BCUT2D eigenvalue weighted by Gasteiger charge is -2.07. The van der Waals surface area contributed by atoms with Gasteiger partial charge < -0.3 is 4.74 Å². The summed E-state index contributed by atoms with van der Waals surface area (Å²) in [5.74, 6) is 0.275. The van der Waals surface area contributed by atoms with Gasteiger partial charge in [0.15, 0.2) is 12.1 Å². The molecule has 0 fully saturated rings. The van der Waals surface area contributed by atoms with Gasteiger partial charge in [0.05, 0.1) is 13.2 Å². The molecule has 17 heavy (non-hydrogen) atoms. The van der Waals surface area contributed by atoms with Crippen molar-refractivity contribution in [3.63, 3.8) is 0 Å². The summed E-state index contributed by atoms with van der Waals surface area (Å²) in [6, 6.07) is 10.2. The molecule has 0 spiro atoms. The largest absolute Gasteiger partial charge is 0.464 e. The Labute approximate surface area is 99.1 Å². The van der Waals surface area contributed by atoms with Crippen molar-refractivity contribution < 1.29 is 9.53 Å². The molecule has 0 aliphatic heterocycles. The van der Waals surface area contributed by atoms with E-state index in [4.69, 9.17) is 4.74 Å². The lowest BCUT2D eigenvalue weighted by Crippen LogP contribution is -2.08. The fraction of sp³-hybridized carbons (Fsp3) is 0.250. The summed E-state index contributed by atoms with van der Waals surface area (Å²) < 4.78 is 6.98. The second kappa shape index (κ2) is 5.25. The van der Waals surface area contributed by atoms with Gasteiger partial charge in [-0.25, -0.2) is 0 Å². The van der Waals surface area contributed by atoms with Crippen molar-refractivity contribution in [2.75, 3.05) is 6.61 Å². The van der Waals surface area contributed by atoms with Gasteiger partial charge in [-0.3, -0.25) is 9.36 Å². The van der Waals surface area contributed by atoms with E-state index in [1.165, 1.54) is 0 Å². The molecule has 1 heterocycles. The first kappa shape index (κ1) is 11.3. The first-order valence-corrected chi connectivity index (χ1v) is 5.40. The number of hydrogen-bond acceptors (Lipinski definition) is 4. The molecule has 0 saturated heterocycles. The van der Waals surface area contributed by atoms with Crippen LogP contribution >= 0.6 is 0 Å². The van der Waals surface area contributed by atoms with Crippen LogP contribution in [-0.4, -0.2) is 27.7 Å². The van der Waals surface area contributed by atoms with Crippen molar-refractivity contribution in [3.05, 3.63) is 41.7 Å². The number of carbonyl (C=O) groups excluding carboxylic acids is 1. The van der Waals surface area contributed by atoms with Crippen LogP contribution in [0.2, 0.25) is 0 Å². The van der Waals surface area contributed by atoms with Gasteiger partial charge in [-0.05, 0) is 12.5 Å². The summed E-state index contributed by atoms with van der Waals surface area (Å²) >= 11 is 0. The van der Waals surface area contributed by atoms with Crippen LogP contribution in [0.4, 0.5) is 0 Å². The quantitative estimate of drug-likeness (QED) is 0.732. The predicted molar refractivity (Wildman–Crippen MR) is 62.1 cm³/mol. The molecule has 0 aliphatic rings. The molecule has 1 aromatic heterocycles. The number of hydrogen-bond donors (Lipinski definition) is 0. The maximum absolute atomic E-state index is 10.9. The molecule has 5 nitrogen and oxygen atoms in total. The number of aromatic nitrogens is 3. The van der Waals surface area contributed by atoms with E-state index in [9.17, 15) is 4.79 Å². The second-order valence-corrected chi connectivity index (χ2v) is 3.46. The molecule has 0 bridgehead atoms. The van der Waals surface area contributed by atoms with Crippen molar-refractivity contribution in [1.29, 1.82) is 0 Å². The third kappa shape index (κ3) is 2.50. The zero-order chi connectivity index (χ0) is 12.1. The Hall–Kier alpha value is -2.17. The van der Waals surface area contributed by atoms with Crippen molar-refractivity contribution in [1.82, 2.24) is 14.8 Å². The first-order chi connectivity index (χ1) is 8.35. The molecule has 0 aliphatic carbocycles. The topological polar surface area (TPSA) is 57.0 Å². The van der Waals surface area contributed by atoms with Gasteiger partial charge >= 0.3 is 6.01 Å². The van der Waals surface area contributed by atoms with Gasteiger partial charge in [0, 0.05) is 0 Å². The molecule has 0 unspecified atom stereocenters. The Morgan fingerprint density at radius 1 is 1.29 bits per heavy atom. The van der Waals surface area contributed by atoms with Crippen LogP contribution < -0.4 is 4.74 Å². The lowest BCUT2D eigenvalue weighted by molar-refractivity contribution is 0.111. The molecule has 2 aromatic rings. The normalized spacial score (nSPS) is 10.2. The Kier molecular flexibility index (Phi) is 3.49. The molecule has 0 atom stereocenters. The number of nitrogens with zero attached hydrogens (tertiary/aromatic N) is 3. The minimum atomic E-state index is 0.275. The van der Waals surface area contributed by atoms with Crippen molar-refractivity contribution in [2.24, 2.45) is 0 Å². The number of benzene rings is 1. The van der Waals surface area contributed by atoms with Gasteiger partial charge in [-0.15, -0.1) is 5.10 Å². The Morgan fingerprint density at radius 3 is 2.71 bits per heavy atom. The molecule has 5 heteroatoms. The highest BCUT2D eigenvalue weighted by atomic mass is 16.5. The fourth-order valence-corrected chi connectivity index (χ4v) is 1.54. The van der Waals surface area contributed by atoms with Crippen molar-refractivity contribution in [3.8, 4) is 6.01 Å². The van der Waals surface area contributed by atoms with Crippen molar-refractivity contribution in [2.45, 2.75) is 13.5 Å². The molecular formula is C12H13N3O2. The summed E-state index contributed by atoms with van der Waals surface area (Å²) in [5.41, 5.74) is 1.07. The summed E-state index contributed by atoms with van der Waals surface area (Å²) in [7, 11) is 0. The van der Waals surface area contributed by atoms with Crippen LogP contribution in [0.15, 0.2) is 30.3 Å². The van der Waals surface area contributed by atoms with Gasteiger partial charge in [-0.2, -0.15) is 0 Å². The van der Waals surface area contributed by atoms with Gasteiger partial charge in [0.25, 0.3) is 0 Å². The van der Waals surface area contributed by atoms with E-state index in [-0.39, 0.29) is 5.82 Å². The third-order valence-corrected chi connectivity index (χ3v) is 2.31. The Balaban J connectivity index is 2.29. The van der Waals surface area contributed by atoms with Crippen LogP contribution in [0.1, 0.15) is 23.1 Å². The molecule has 0 radical (unpaired) electrons. The fourth-order valence-electron chi connectivity index (χ4n) is 1.54. The van der Waals surface area contributed by atoms with E-state index in [1.54, 1.807) is 4.57 Å². The number of aldehydes is 1. The lowest BCUT2D eigenvalue weighted by atomic mass is 10.2. The second-order valence-electron chi connectivity index (χ2n) is 3.46. The molecule has 88 valence electrons. The third-order valence-electron chi connectivity index (χ3n) is 2.31. The molecule has 0 N–H and O–H groups in total. The first-order valence-electron chi connectivity index (χ1n) is 5.40. The molecule has 0 saturated carbocycles. The van der Waals surface area contributed by atoms with Crippen LogP contribution in [0, 0.1) is 0 Å². The van der Waals surface area contributed by atoms with E-state index >= 15 is 0 Å². The summed E-state index contributed by atoms with van der Waals surface area (Å²) in [5, 5.41) is 7.60.